The van der Waals surface area contributed by atoms with Crippen LogP contribution in [0.5, 0.6) is 0 Å². The molecule has 0 atom stereocenters. The van der Waals surface area contributed by atoms with Gasteiger partial charge in [-0.05, 0) is 43.7 Å². The number of rotatable bonds is 7. The first-order valence-corrected chi connectivity index (χ1v) is 9.53. The molecule has 0 bridgehead atoms. The molecule has 0 spiro atoms. The molecule has 0 radical (unpaired) electrons. The predicted octanol–water partition coefficient (Wildman–Crippen LogP) is 1.82. The van der Waals surface area contributed by atoms with Gasteiger partial charge in [-0.3, -0.25) is 9.79 Å². The lowest BCUT2D eigenvalue weighted by atomic mass is 10.0. The number of hydrogen-bond donors (Lipinski definition) is 1. The molecule has 2 heterocycles. The molecule has 1 aromatic rings. The summed E-state index contributed by atoms with van der Waals surface area (Å²) in [7, 11) is 1.82. The van der Waals surface area contributed by atoms with E-state index in [2.05, 4.69) is 15.2 Å². The Hall–Kier alpha value is -2.02. The summed E-state index contributed by atoms with van der Waals surface area (Å²) >= 11 is 0. The minimum absolute atomic E-state index is 0.0366. The van der Waals surface area contributed by atoms with Crippen LogP contribution in [0.3, 0.4) is 0 Å². The van der Waals surface area contributed by atoms with E-state index >= 15 is 0 Å². The minimum atomic E-state index is -0.0366. The normalized spacial score (nSPS) is 19.5. The molecule has 7 heteroatoms. The Labute approximate surface area is 155 Å². The van der Waals surface area contributed by atoms with Gasteiger partial charge in [0, 0.05) is 53.0 Å². The molecule has 7 nitrogen and oxygen atoms in total. The summed E-state index contributed by atoms with van der Waals surface area (Å²) in [6.07, 6.45) is 5.16. The van der Waals surface area contributed by atoms with Crippen molar-refractivity contribution in [2.45, 2.75) is 26.2 Å². The van der Waals surface area contributed by atoms with Crippen molar-refractivity contribution < 1.29 is 13.9 Å². The molecule has 1 aliphatic heterocycles. The standard InChI is InChI=1S/C19H30N4O3/c1-3-25-14-8-19(6-7-19)15-21-18(20-2)23-11-9-22(10-12-23)17(24)16-5-4-13-26-16/h4-5,13H,3,6-12,14-15H2,1-2H3,(H,20,21). The number of nitrogens with zero attached hydrogens (tertiary/aromatic N) is 3. The quantitative estimate of drug-likeness (QED) is 0.455. The van der Waals surface area contributed by atoms with Crippen LogP contribution in [-0.4, -0.2) is 74.7 Å². The maximum absolute atomic E-state index is 12.4. The van der Waals surface area contributed by atoms with E-state index in [0.29, 0.717) is 24.3 Å². The first-order valence-electron chi connectivity index (χ1n) is 9.53. The van der Waals surface area contributed by atoms with Gasteiger partial charge in [0.1, 0.15) is 0 Å². The van der Waals surface area contributed by atoms with Crippen molar-refractivity contribution in [3.05, 3.63) is 24.2 Å². The van der Waals surface area contributed by atoms with Crippen molar-refractivity contribution in [2.75, 3.05) is 53.0 Å². The van der Waals surface area contributed by atoms with E-state index in [-0.39, 0.29) is 5.91 Å². The summed E-state index contributed by atoms with van der Waals surface area (Å²) in [4.78, 5) is 20.9. The number of hydrogen-bond acceptors (Lipinski definition) is 4. The molecule has 144 valence electrons. The first-order chi connectivity index (χ1) is 12.7. The second kappa shape index (κ2) is 8.58. The molecule has 1 N–H and O–H groups in total. The van der Waals surface area contributed by atoms with Gasteiger partial charge in [0.05, 0.1) is 6.26 Å². The van der Waals surface area contributed by atoms with Gasteiger partial charge in [-0.15, -0.1) is 0 Å². The average molecular weight is 362 g/mol. The van der Waals surface area contributed by atoms with Crippen molar-refractivity contribution in [1.82, 2.24) is 15.1 Å². The molecule has 3 rings (SSSR count). The van der Waals surface area contributed by atoms with Gasteiger partial charge >= 0.3 is 0 Å². The van der Waals surface area contributed by atoms with Crippen molar-refractivity contribution in [1.29, 1.82) is 0 Å². The monoisotopic (exact) mass is 362 g/mol. The molecule has 1 aromatic heterocycles. The highest BCUT2D eigenvalue weighted by atomic mass is 16.5. The number of piperazine rings is 1. The molecule has 26 heavy (non-hydrogen) atoms. The Morgan fingerprint density at radius 3 is 2.62 bits per heavy atom. The second-order valence-corrected chi connectivity index (χ2v) is 7.10. The van der Waals surface area contributed by atoms with E-state index < -0.39 is 0 Å². The summed E-state index contributed by atoms with van der Waals surface area (Å²) in [5.74, 6) is 1.30. The SMILES string of the molecule is CCOCCC1(CNC(=NC)N2CCN(C(=O)c3ccco3)CC2)CC1. The third kappa shape index (κ3) is 4.58. The number of aliphatic imine (C=N–C) groups is 1. The average Bonchev–Trinajstić information content (AvgIpc) is 3.22. The van der Waals surface area contributed by atoms with E-state index in [1.165, 1.54) is 19.1 Å². The Morgan fingerprint density at radius 2 is 2.04 bits per heavy atom. The Morgan fingerprint density at radius 1 is 1.31 bits per heavy atom. The van der Waals surface area contributed by atoms with Crippen LogP contribution in [-0.2, 0) is 4.74 Å². The smallest absolute Gasteiger partial charge is 0.289 e. The number of carbonyl (C=O) groups is 1. The molecule has 1 saturated carbocycles. The van der Waals surface area contributed by atoms with Gasteiger partial charge in [-0.1, -0.05) is 0 Å². The maximum Gasteiger partial charge on any atom is 0.289 e. The topological polar surface area (TPSA) is 70.3 Å². The van der Waals surface area contributed by atoms with Gasteiger partial charge in [0.25, 0.3) is 5.91 Å². The molecule has 1 saturated heterocycles. The van der Waals surface area contributed by atoms with E-state index in [0.717, 1.165) is 45.2 Å². The van der Waals surface area contributed by atoms with Crippen LogP contribution in [0.25, 0.3) is 0 Å². The fourth-order valence-electron chi connectivity index (χ4n) is 3.40. The highest BCUT2D eigenvalue weighted by Gasteiger charge is 2.42. The van der Waals surface area contributed by atoms with Crippen molar-refractivity contribution in [3.63, 3.8) is 0 Å². The maximum atomic E-state index is 12.4. The fraction of sp³-hybridized carbons (Fsp3) is 0.684. The highest BCUT2D eigenvalue weighted by molar-refractivity contribution is 5.91. The van der Waals surface area contributed by atoms with Gasteiger partial charge in [0.15, 0.2) is 11.7 Å². The summed E-state index contributed by atoms with van der Waals surface area (Å²) in [5, 5.41) is 3.54. The van der Waals surface area contributed by atoms with Gasteiger partial charge in [-0.2, -0.15) is 0 Å². The number of guanidine groups is 1. The summed E-state index contributed by atoms with van der Waals surface area (Å²) < 4.78 is 10.7. The van der Waals surface area contributed by atoms with Crippen LogP contribution in [0.1, 0.15) is 36.7 Å². The van der Waals surface area contributed by atoms with Crippen LogP contribution in [0, 0.1) is 5.41 Å². The Bertz CT molecular complexity index is 602. The summed E-state index contributed by atoms with van der Waals surface area (Å²) in [6, 6.07) is 3.46. The van der Waals surface area contributed by atoms with Crippen LogP contribution < -0.4 is 5.32 Å². The number of nitrogens with one attached hydrogen (secondary N) is 1. The zero-order valence-corrected chi connectivity index (χ0v) is 15.9. The second-order valence-electron chi connectivity index (χ2n) is 7.10. The zero-order chi connectivity index (χ0) is 18.4. The Kier molecular flexibility index (Phi) is 6.19. The number of amides is 1. The molecule has 0 aromatic carbocycles. The van der Waals surface area contributed by atoms with Crippen LogP contribution in [0.2, 0.25) is 0 Å². The molecular weight excluding hydrogens is 332 g/mol. The third-order valence-corrected chi connectivity index (χ3v) is 5.37. The highest BCUT2D eigenvalue weighted by Crippen LogP contribution is 2.48. The summed E-state index contributed by atoms with van der Waals surface area (Å²) in [6.45, 7) is 7.51. The minimum Gasteiger partial charge on any atom is -0.459 e. The van der Waals surface area contributed by atoms with Gasteiger partial charge < -0.3 is 24.3 Å². The number of furan rings is 1. The van der Waals surface area contributed by atoms with Crippen LogP contribution >= 0.6 is 0 Å². The lowest BCUT2D eigenvalue weighted by molar-refractivity contribution is 0.0657. The predicted molar refractivity (Wildman–Crippen MR) is 100 cm³/mol. The fourth-order valence-corrected chi connectivity index (χ4v) is 3.40. The summed E-state index contributed by atoms with van der Waals surface area (Å²) in [5.41, 5.74) is 0.377. The largest absolute Gasteiger partial charge is 0.459 e. The first kappa shape index (κ1) is 18.8. The molecule has 2 fully saturated rings. The number of carbonyl (C=O) groups excluding carboxylic acids is 1. The van der Waals surface area contributed by atoms with Crippen molar-refractivity contribution >= 4 is 11.9 Å². The van der Waals surface area contributed by atoms with E-state index in [9.17, 15) is 4.79 Å². The molecule has 1 aliphatic carbocycles. The number of ether oxygens (including phenoxy) is 1. The van der Waals surface area contributed by atoms with Crippen LogP contribution in [0.15, 0.2) is 27.8 Å². The lowest BCUT2D eigenvalue weighted by Gasteiger charge is -2.36. The third-order valence-electron chi connectivity index (χ3n) is 5.37. The van der Waals surface area contributed by atoms with Gasteiger partial charge in [-0.25, -0.2) is 0 Å². The van der Waals surface area contributed by atoms with E-state index in [1.54, 1.807) is 12.1 Å². The Balaban J connectivity index is 1.44. The van der Waals surface area contributed by atoms with Crippen molar-refractivity contribution in [3.8, 4) is 0 Å². The molecule has 2 aliphatic rings. The van der Waals surface area contributed by atoms with Crippen LogP contribution in [0.4, 0.5) is 0 Å². The molecular formula is C19H30N4O3. The molecule has 1 amide bonds. The molecule has 0 unspecified atom stereocenters. The zero-order valence-electron chi connectivity index (χ0n) is 15.9. The van der Waals surface area contributed by atoms with E-state index in [4.69, 9.17) is 9.15 Å². The van der Waals surface area contributed by atoms with E-state index in [1.807, 2.05) is 18.9 Å². The lowest BCUT2D eigenvalue weighted by Crippen LogP contribution is -2.54. The van der Waals surface area contributed by atoms with Gasteiger partial charge in [0.2, 0.25) is 0 Å². The van der Waals surface area contributed by atoms with Crippen molar-refractivity contribution in [2.24, 2.45) is 10.4 Å².